The smallest absolute Gasteiger partial charge is 0.319 e. The predicted octanol–water partition coefficient (Wildman–Crippen LogP) is 4.44. The first-order chi connectivity index (χ1) is 12.8. The van der Waals surface area contributed by atoms with Gasteiger partial charge < -0.3 is 15.5 Å². The Hall–Kier alpha value is -2.53. The van der Waals surface area contributed by atoms with Crippen molar-refractivity contribution in [2.75, 3.05) is 11.9 Å². The maximum absolute atomic E-state index is 12.4. The third-order valence-electron chi connectivity index (χ3n) is 4.91. The molecule has 0 saturated carbocycles. The van der Waals surface area contributed by atoms with Crippen molar-refractivity contribution in [3.8, 4) is 0 Å². The highest BCUT2D eigenvalue weighted by Gasteiger charge is 2.34. The van der Waals surface area contributed by atoms with E-state index < -0.39 is 0 Å². The summed E-state index contributed by atoms with van der Waals surface area (Å²) >= 11 is 6.25. The monoisotopic (exact) mass is 385 g/mol. The highest BCUT2D eigenvalue weighted by atomic mass is 35.5. The van der Waals surface area contributed by atoms with Crippen molar-refractivity contribution in [2.45, 2.75) is 39.3 Å². The summed E-state index contributed by atoms with van der Waals surface area (Å²) < 4.78 is 0. The zero-order valence-corrected chi connectivity index (χ0v) is 16.5. The summed E-state index contributed by atoms with van der Waals surface area (Å²) in [6.45, 7) is 6.35. The zero-order chi connectivity index (χ0) is 19.6. The van der Waals surface area contributed by atoms with Crippen LogP contribution in [0.3, 0.4) is 0 Å². The van der Waals surface area contributed by atoms with Gasteiger partial charge in [0.25, 0.3) is 0 Å². The molecule has 2 unspecified atom stereocenters. The zero-order valence-electron chi connectivity index (χ0n) is 15.8. The van der Waals surface area contributed by atoms with E-state index in [4.69, 9.17) is 11.6 Å². The second kappa shape index (κ2) is 8.01. The molecule has 2 N–H and O–H groups in total. The van der Waals surface area contributed by atoms with Crippen LogP contribution in [0.25, 0.3) is 0 Å². The number of carbonyl (C=O) groups is 2. The van der Waals surface area contributed by atoms with Gasteiger partial charge in [0.05, 0.1) is 22.8 Å². The number of hydrogen-bond acceptors (Lipinski definition) is 2. The molecule has 1 heterocycles. The van der Waals surface area contributed by atoms with Gasteiger partial charge in [0.1, 0.15) is 0 Å². The van der Waals surface area contributed by atoms with E-state index in [-0.39, 0.29) is 24.0 Å². The number of benzene rings is 2. The molecule has 1 aliphatic heterocycles. The molecule has 0 radical (unpaired) electrons. The normalized spacial score (nSPS) is 17.7. The van der Waals surface area contributed by atoms with Crippen LogP contribution in [0.5, 0.6) is 0 Å². The van der Waals surface area contributed by atoms with Gasteiger partial charge in [-0.1, -0.05) is 48.0 Å². The van der Waals surface area contributed by atoms with E-state index in [0.717, 1.165) is 16.7 Å². The van der Waals surface area contributed by atoms with E-state index in [2.05, 4.69) is 10.6 Å². The van der Waals surface area contributed by atoms with E-state index >= 15 is 0 Å². The van der Waals surface area contributed by atoms with Crippen LogP contribution in [-0.2, 0) is 4.79 Å². The van der Waals surface area contributed by atoms with Crippen LogP contribution < -0.4 is 10.6 Å². The van der Waals surface area contributed by atoms with Crippen molar-refractivity contribution in [2.24, 2.45) is 0 Å². The molecule has 1 fully saturated rings. The lowest BCUT2D eigenvalue weighted by Crippen LogP contribution is -2.40. The average molecular weight is 386 g/mol. The van der Waals surface area contributed by atoms with Crippen LogP contribution in [0.1, 0.15) is 36.1 Å². The van der Waals surface area contributed by atoms with Crippen LogP contribution >= 0.6 is 11.6 Å². The molecule has 142 valence electrons. The first-order valence-corrected chi connectivity index (χ1v) is 9.41. The minimum atomic E-state index is -0.351. The van der Waals surface area contributed by atoms with Gasteiger partial charge in [-0.05, 0) is 43.5 Å². The summed E-state index contributed by atoms with van der Waals surface area (Å²) in [6.07, 6.45) is 0.297. The van der Waals surface area contributed by atoms with Gasteiger partial charge in [0, 0.05) is 13.0 Å². The van der Waals surface area contributed by atoms with Crippen LogP contribution in [0.2, 0.25) is 5.02 Å². The second-order valence-electron chi connectivity index (χ2n) is 7.07. The summed E-state index contributed by atoms with van der Waals surface area (Å²) in [5, 5.41) is 6.21. The van der Waals surface area contributed by atoms with Gasteiger partial charge >= 0.3 is 6.03 Å². The molecule has 5 nitrogen and oxygen atoms in total. The summed E-state index contributed by atoms with van der Waals surface area (Å²) in [4.78, 5) is 26.6. The Morgan fingerprint density at radius 2 is 1.93 bits per heavy atom. The van der Waals surface area contributed by atoms with Crippen LogP contribution in [0.4, 0.5) is 10.5 Å². The Balaban J connectivity index is 1.62. The van der Waals surface area contributed by atoms with Crippen LogP contribution in [-0.4, -0.2) is 29.4 Å². The Labute approximate surface area is 164 Å². The fourth-order valence-electron chi connectivity index (χ4n) is 3.52. The van der Waals surface area contributed by atoms with Crippen molar-refractivity contribution >= 4 is 29.2 Å². The molecular formula is C21H24ClN3O2. The number of nitrogens with one attached hydrogen (secondary N) is 2. The van der Waals surface area contributed by atoms with Gasteiger partial charge in [-0.25, -0.2) is 4.79 Å². The van der Waals surface area contributed by atoms with E-state index in [1.807, 2.05) is 68.1 Å². The molecule has 0 aliphatic carbocycles. The molecule has 1 aliphatic rings. The molecule has 2 atom stereocenters. The number of aryl methyl sites for hydroxylation is 2. The molecule has 0 aromatic heterocycles. The summed E-state index contributed by atoms with van der Waals surface area (Å²) in [5.74, 6) is 0.0428. The fourth-order valence-corrected chi connectivity index (χ4v) is 3.89. The van der Waals surface area contributed by atoms with Gasteiger partial charge in [-0.2, -0.15) is 0 Å². The van der Waals surface area contributed by atoms with Crippen LogP contribution in [0.15, 0.2) is 42.5 Å². The van der Waals surface area contributed by atoms with E-state index in [1.165, 1.54) is 0 Å². The van der Waals surface area contributed by atoms with Crippen molar-refractivity contribution in [1.82, 2.24) is 10.2 Å². The third kappa shape index (κ3) is 4.42. The topological polar surface area (TPSA) is 61.4 Å². The van der Waals surface area contributed by atoms with Gasteiger partial charge in [-0.15, -0.1) is 0 Å². The van der Waals surface area contributed by atoms with Gasteiger partial charge in [-0.3, -0.25) is 4.79 Å². The molecule has 2 aromatic rings. The molecule has 0 bridgehead atoms. The second-order valence-corrected chi connectivity index (χ2v) is 7.48. The minimum absolute atomic E-state index is 0.0256. The maximum Gasteiger partial charge on any atom is 0.319 e. The molecule has 2 aromatic carbocycles. The Bertz CT molecular complexity index is 831. The number of hydrogen-bond donors (Lipinski definition) is 2. The minimum Gasteiger partial charge on any atom is -0.334 e. The molecule has 6 heteroatoms. The number of anilines is 1. The summed E-state index contributed by atoms with van der Waals surface area (Å²) in [7, 11) is 0. The van der Waals surface area contributed by atoms with E-state index in [9.17, 15) is 9.59 Å². The van der Waals surface area contributed by atoms with E-state index in [0.29, 0.717) is 23.7 Å². The molecule has 3 amide bonds. The van der Waals surface area contributed by atoms with Crippen molar-refractivity contribution in [3.05, 3.63) is 64.2 Å². The Morgan fingerprint density at radius 1 is 1.22 bits per heavy atom. The van der Waals surface area contributed by atoms with Gasteiger partial charge in [0.15, 0.2) is 0 Å². The first kappa shape index (κ1) is 19.2. The number of rotatable bonds is 4. The SMILES string of the molecule is Cc1cc(C)c(NC(=O)NC2CC(=O)N(C(C)c3ccccc3)C2)c(Cl)c1. The highest BCUT2D eigenvalue weighted by molar-refractivity contribution is 6.34. The lowest BCUT2D eigenvalue weighted by atomic mass is 10.1. The lowest BCUT2D eigenvalue weighted by molar-refractivity contribution is -0.129. The molecule has 0 spiro atoms. The maximum atomic E-state index is 12.4. The van der Waals surface area contributed by atoms with Crippen molar-refractivity contribution < 1.29 is 9.59 Å². The number of carbonyl (C=O) groups excluding carboxylic acids is 2. The standard InChI is InChI=1S/C21H24ClN3O2/c1-13-9-14(2)20(18(22)10-13)24-21(27)23-17-11-19(26)25(12-17)15(3)16-7-5-4-6-8-16/h4-10,15,17H,11-12H2,1-3H3,(H2,23,24,27). The van der Waals surface area contributed by atoms with Crippen molar-refractivity contribution in [3.63, 3.8) is 0 Å². The number of urea groups is 1. The summed E-state index contributed by atoms with van der Waals surface area (Å²) in [5.41, 5.74) is 3.61. The summed E-state index contributed by atoms with van der Waals surface area (Å²) in [6, 6.07) is 13.1. The Kier molecular flexibility index (Phi) is 5.71. The first-order valence-electron chi connectivity index (χ1n) is 9.04. The fraction of sp³-hybridized carbons (Fsp3) is 0.333. The molecule has 3 rings (SSSR count). The number of halogens is 1. The van der Waals surface area contributed by atoms with E-state index in [1.54, 1.807) is 0 Å². The number of nitrogens with zero attached hydrogens (tertiary/aromatic N) is 1. The number of likely N-dealkylation sites (tertiary alicyclic amines) is 1. The quantitative estimate of drug-likeness (QED) is 0.817. The largest absolute Gasteiger partial charge is 0.334 e. The van der Waals surface area contributed by atoms with Gasteiger partial charge in [0.2, 0.25) is 5.91 Å². The van der Waals surface area contributed by atoms with Crippen LogP contribution in [0, 0.1) is 13.8 Å². The van der Waals surface area contributed by atoms with Crippen molar-refractivity contribution in [1.29, 1.82) is 0 Å². The third-order valence-corrected chi connectivity index (χ3v) is 5.21. The molecule has 1 saturated heterocycles. The highest BCUT2D eigenvalue weighted by Crippen LogP contribution is 2.28. The Morgan fingerprint density at radius 3 is 2.59 bits per heavy atom. The molecular weight excluding hydrogens is 362 g/mol. The average Bonchev–Trinajstić information content (AvgIpc) is 2.98. The lowest BCUT2D eigenvalue weighted by Gasteiger charge is -2.25. The molecule has 27 heavy (non-hydrogen) atoms. The predicted molar refractivity (Wildman–Crippen MR) is 108 cm³/mol. The number of amides is 3.